The first-order valence-corrected chi connectivity index (χ1v) is 18.9. The van der Waals surface area contributed by atoms with Gasteiger partial charge in [0.25, 0.3) is 0 Å². The molecule has 6 aromatic rings. The number of allylic oxidation sites excluding steroid dienone is 2. The van der Waals surface area contributed by atoms with Gasteiger partial charge in [0.1, 0.15) is 0 Å². The van der Waals surface area contributed by atoms with Crippen LogP contribution < -0.4 is 24.8 Å². The van der Waals surface area contributed by atoms with Crippen LogP contribution >= 0.6 is 0 Å². The predicted molar refractivity (Wildman–Crippen MR) is 170 cm³/mol. The average Bonchev–Trinajstić information content (AvgIpc) is 3.80. The Morgan fingerprint density at radius 1 is 0.429 bits per heavy atom. The minimum atomic E-state index is -2.31. The molecule has 42 heavy (non-hydrogen) atoms. The Morgan fingerprint density at radius 3 is 1.17 bits per heavy atom. The molecule has 3 aliphatic rings. The third kappa shape index (κ3) is 4.01. The van der Waals surface area contributed by atoms with Crippen LogP contribution in [0.15, 0.2) is 109 Å². The van der Waals surface area contributed by atoms with Gasteiger partial charge >= 0.3 is 244 Å². The van der Waals surface area contributed by atoms with Crippen molar-refractivity contribution >= 4 is 58.4 Å². The van der Waals surface area contributed by atoms with E-state index >= 15 is 0 Å². The van der Waals surface area contributed by atoms with Crippen LogP contribution in [0.1, 0.15) is 55.2 Å². The second kappa shape index (κ2) is 11.0. The molecule has 0 heterocycles. The van der Waals surface area contributed by atoms with Crippen LogP contribution in [0.4, 0.5) is 0 Å². The van der Waals surface area contributed by atoms with E-state index in [4.69, 9.17) is 0 Å². The fourth-order valence-electron chi connectivity index (χ4n) is 8.24. The molecule has 0 amide bonds. The first-order valence-electron chi connectivity index (χ1n) is 14.8. The molecule has 3 aliphatic carbocycles. The van der Waals surface area contributed by atoms with Crippen molar-refractivity contribution in [1.29, 1.82) is 0 Å². The summed E-state index contributed by atoms with van der Waals surface area (Å²) in [7, 11) is 0. The van der Waals surface area contributed by atoms with Crippen molar-refractivity contribution in [2.24, 2.45) is 0 Å². The number of benzene rings is 6. The number of hydrogen-bond donors (Lipinski definition) is 0. The Morgan fingerprint density at radius 2 is 0.762 bits per heavy atom. The monoisotopic (exact) mass is 658 g/mol. The maximum atomic E-state index is 2.65. The van der Waals surface area contributed by atoms with Gasteiger partial charge in [0, 0.05) is 0 Å². The zero-order chi connectivity index (χ0) is 26.2. The van der Waals surface area contributed by atoms with Crippen LogP contribution in [-0.4, -0.2) is 3.21 Å². The van der Waals surface area contributed by atoms with Crippen molar-refractivity contribution in [2.75, 3.05) is 0 Å². The van der Waals surface area contributed by atoms with Crippen molar-refractivity contribution in [3.8, 4) is 0 Å². The normalized spacial score (nSPS) is 18.2. The van der Waals surface area contributed by atoms with E-state index in [2.05, 4.69) is 121 Å². The third-order valence-corrected chi connectivity index (χ3v) is 18.7. The molecule has 3 heteroatoms. The van der Waals surface area contributed by atoms with Gasteiger partial charge in [-0.05, 0) is 0 Å². The van der Waals surface area contributed by atoms with Crippen molar-refractivity contribution in [3.63, 3.8) is 0 Å². The summed E-state index contributed by atoms with van der Waals surface area (Å²) in [6.07, 6.45) is 15.8. The van der Waals surface area contributed by atoms with Gasteiger partial charge in [0.05, 0.1) is 0 Å². The smallest absolute Gasteiger partial charge is 1.00 e. The van der Waals surface area contributed by atoms with Crippen LogP contribution in [0.25, 0.3) is 55.2 Å². The summed E-state index contributed by atoms with van der Waals surface area (Å²) >= 11 is -2.31. The van der Waals surface area contributed by atoms with E-state index in [-0.39, 0.29) is 24.8 Å². The fraction of sp³-hybridized carbons (Fsp3) is 0.154. The van der Waals surface area contributed by atoms with E-state index in [1.807, 2.05) is 3.21 Å². The summed E-state index contributed by atoms with van der Waals surface area (Å²) in [5.74, 6) is 0. The topological polar surface area (TPSA) is 0 Å². The Kier molecular flexibility index (Phi) is 7.34. The second-order valence-corrected chi connectivity index (χ2v) is 18.8. The minimum Gasteiger partial charge on any atom is -1.00 e. The van der Waals surface area contributed by atoms with Crippen molar-refractivity contribution in [3.05, 3.63) is 131 Å². The minimum absolute atomic E-state index is 0. The summed E-state index contributed by atoms with van der Waals surface area (Å²) in [6.45, 7) is 0. The Bertz CT molecular complexity index is 1980. The molecule has 2 unspecified atom stereocenters. The molecule has 9 rings (SSSR count). The van der Waals surface area contributed by atoms with Gasteiger partial charge < -0.3 is 24.8 Å². The molecule has 0 aliphatic heterocycles. The van der Waals surface area contributed by atoms with Gasteiger partial charge in [0.2, 0.25) is 0 Å². The van der Waals surface area contributed by atoms with E-state index in [1.54, 1.807) is 11.1 Å². The number of hydrogen-bond acceptors (Lipinski definition) is 0. The fourth-order valence-corrected chi connectivity index (χ4v) is 18.2. The van der Waals surface area contributed by atoms with Crippen molar-refractivity contribution in [1.82, 2.24) is 0 Å². The maximum Gasteiger partial charge on any atom is -1.00 e. The molecule has 2 atom stereocenters. The molecule has 0 bridgehead atoms. The van der Waals surface area contributed by atoms with Crippen LogP contribution in [0.3, 0.4) is 0 Å². The zero-order valence-electron chi connectivity index (χ0n) is 23.3. The Balaban J connectivity index is 0.00000144. The molecule has 6 aromatic carbocycles. The van der Waals surface area contributed by atoms with Gasteiger partial charge in [-0.3, -0.25) is 0 Å². The molecule has 1 fully saturated rings. The van der Waals surface area contributed by atoms with E-state index in [0.29, 0.717) is 7.25 Å². The van der Waals surface area contributed by atoms with E-state index in [0.717, 1.165) is 0 Å². The van der Waals surface area contributed by atoms with Gasteiger partial charge in [-0.25, -0.2) is 0 Å². The Hall–Kier alpha value is -2.83. The third-order valence-electron chi connectivity index (χ3n) is 9.85. The molecular formula is C39H30Cl2Zr. The molecule has 0 nitrogen and oxygen atoms in total. The molecule has 204 valence electrons. The standard InChI is InChI=1S/2C17H11.C5H8.2ClH.Zr/c2*1-3-8-14-12(6-1)13-7-2-4-9-15(13)17-11-5-10-16(14)17;1-2-4-5-3-1;;;/h2*1-11H;1-4H2;2*1H;/q;;;;;+2/p-2. The maximum absolute atomic E-state index is 2.65. The predicted octanol–water partition coefficient (Wildman–Crippen LogP) is 4.51. The van der Waals surface area contributed by atoms with E-state index in [9.17, 15) is 0 Å². The molecule has 0 radical (unpaired) electrons. The molecule has 1 saturated carbocycles. The molecule has 0 aromatic heterocycles. The molecule has 0 saturated heterocycles. The summed E-state index contributed by atoms with van der Waals surface area (Å²) in [4.78, 5) is 0. The van der Waals surface area contributed by atoms with Crippen molar-refractivity contribution in [2.45, 2.75) is 32.9 Å². The average molecular weight is 661 g/mol. The molecular weight excluding hydrogens is 631 g/mol. The van der Waals surface area contributed by atoms with E-state index < -0.39 is 21.3 Å². The summed E-state index contributed by atoms with van der Waals surface area (Å²) < 4.78 is 3.12. The summed E-state index contributed by atoms with van der Waals surface area (Å²) in [6, 6.07) is 36.6. The quantitative estimate of drug-likeness (QED) is 0.240. The summed E-state index contributed by atoms with van der Waals surface area (Å²) in [5, 5.41) is 11.4. The van der Waals surface area contributed by atoms with Crippen LogP contribution in [-0.2, 0) is 21.3 Å². The second-order valence-electron chi connectivity index (χ2n) is 11.8. The Labute approximate surface area is 267 Å². The van der Waals surface area contributed by atoms with Gasteiger partial charge in [-0.15, -0.1) is 0 Å². The van der Waals surface area contributed by atoms with Gasteiger partial charge in [-0.2, -0.15) is 0 Å². The van der Waals surface area contributed by atoms with E-state index in [1.165, 1.54) is 79.9 Å². The first kappa shape index (κ1) is 28.0. The van der Waals surface area contributed by atoms with Crippen LogP contribution in [0, 0.1) is 0 Å². The van der Waals surface area contributed by atoms with Gasteiger partial charge in [-0.1, -0.05) is 0 Å². The van der Waals surface area contributed by atoms with Crippen molar-refractivity contribution < 1.29 is 46.1 Å². The zero-order valence-corrected chi connectivity index (χ0v) is 27.3. The molecule has 0 N–H and O–H groups in total. The molecule has 0 spiro atoms. The first-order chi connectivity index (χ1) is 19.9. The number of rotatable bonds is 2. The van der Waals surface area contributed by atoms with Gasteiger partial charge in [0.15, 0.2) is 0 Å². The largest absolute Gasteiger partial charge is 1.00 e. The summed E-state index contributed by atoms with van der Waals surface area (Å²) in [5.41, 5.74) is 6.24. The van der Waals surface area contributed by atoms with Crippen LogP contribution in [0.5, 0.6) is 0 Å². The van der Waals surface area contributed by atoms with Crippen LogP contribution in [0.2, 0.25) is 0 Å². The number of halogens is 2. The SMILES string of the molecule is C1=C[CH]([Zr+2](=[C]2CCCC2)[CH]2C=Cc3c2c2ccccc2c2ccccc32)c2c1c1ccccc1c1ccccc21.[Cl-].[Cl-]. The number of fused-ring (bicyclic) bond motifs is 12.